The summed E-state index contributed by atoms with van der Waals surface area (Å²) < 4.78 is 4.89. The van der Waals surface area contributed by atoms with E-state index >= 15 is 0 Å². The molecule has 0 bridgehead atoms. The van der Waals surface area contributed by atoms with Gasteiger partial charge in [-0.05, 0) is 6.07 Å². The number of nitro benzene ring substituents is 1. The van der Waals surface area contributed by atoms with Crippen LogP contribution in [0.15, 0.2) is 24.3 Å². The van der Waals surface area contributed by atoms with Crippen molar-refractivity contribution in [2.45, 2.75) is 12.5 Å². The zero-order chi connectivity index (χ0) is 13.3. The molecule has 7 heteroatoms. The van der Waals surface area contributed by atoms with Crippen LogP contribution in [0.5, 0.6) is 0 Å². The molecule has 0 aromatic heterocycles. The number of carbonyl (C=O) groups is 2. The first-order valence-corrected chi connectivity index (χ1v) is 5.16. The molecule has 1 aromatic rings. The number of hydrogen-bond acceptors (Lipinski definition) is 5. The van der Waals surface area contributed by atoms with E-state index in [0.29, 0.717) is 0 Å². The fourth-order valence-corrected chi connectivity index (χ4v) is 1.95. The van der Waals surface area contributed by atoms with Crippen molar-refractivity contribution >= 4 is 17.6 Å². The Morgan fingerprint density at radius 3 is 2.72 bits per heavy atom. The molecule has 0 radical (unpaired) electrons. The third-order valence-corrected chi connectivity index (χ3v) is 2.77. The van der Waals surface area contributed by atoms with Crippen molar-refractivity contribution in [2.75, 3.05) is 0 Å². The van der Waals surface area contributed by atoms with E-state index in [-0.39, 0.29) is 17.7 Å². The van der Waals surface area contributed by atoms with Gasteiger partial charge in [0.2, 0.25) is 0 Å². The molecule has 1 fully saturated rings. The van der Waals surface area contributed by atoms with Gasteiger partial charge in [0.1, 0.15) is 12.0 Å². The second-order valence-electron chi connectivity index (χ2n) is 3.88. The molecule has 0 unspecified atom stereocenters. The molecule has 0 saturated carbocycles. The van der Waals surface area contributed by atoms with E-state index < -0.39 is 28.9 Å². The predicted molar refractivity (Wildman–Crippen MR) is 57.7 cm³/mol. The molecule has 2 rings (SSSR count). The lowest BCUT2D eigenvalue weighted by Gasteiger charge is -2.14. The smallest absolute Gasteiger partial charge is 0.311 e. The highest BCUT2D eigenvalue weighted by atomic mass is 16.6. The maximum Gasteiger partial charge on any atom is 0.311 e. The number of para-hydroxylation sites is 1. The predicted octanol–water partition coefficient (Wildman–Crippen LogP) is 1.28. The largest absolute Gasteiger partial charge is 0.481 e. The summed E-state index contributed by atoms with van der Waals surface area (Å²) >= 11 is 0. The summed E-state index contributed by atoms with van der Waals surface area (Å²) in [6.07, 6.45) is -1.37. The third-order valence-electron chi connectivity index (χ3n) is 2.77. The summed E-state index contributed by atoms with van der Waals surface area (Å²) in [6, 6.07) is 5.65. The molecule has 0 amide bonds. The van der Waals surface area contributed by atoms with Crippen molar-refractivity contribution < 1.29 is 24.4 Å². The van der Waals surface area contributed by atoms with E-state index in [4.69, 9.17) is 9.84 Å². The number of cyclic esters (lactones) is 1. The number of benzene rings is 1. The summed E-state index contributed by atoms with van der Waals surface area (Å²) in [6.45, 7) is 0. The van der Waals surface area contributed by atoms with Crippen LogP contribution in [0.25, 0.3) is 0 Å². The van der Waals surface area contributed by atoms with Crippen molar-refractivity contribution in [1.29, 1.82) is 0 Å². The molecule has 0 spiro atoms. The molecule has 18 heavy (non-hydrogen) atoms. The number of esters is 1. The van der Waals surface area contributed by atoms with Crippen molar-refractivity contribution in [3.63, 3.8) is 0 Å². The first-order valence-electron chi connectivity index (χ1n) is 5.16. The van der Waals surface area contributed by atoms with E-state index in [0.717, 1.165) is 0 Å². The fourth-order valence-electron chi connectivity index (χ4n) is 1.95. The van der Waals surface area contributed by atoms with Crippen molar-refractivity contribution in [3.05, 3.63) is 39.9 Å². The molecule has 1 aliphatic heterocycles. The maximum absolute atomic E-state index is 11.2. The molecule has 1 aromatic carbocycles. The van der Waals surface area contributed by atoms with Crippen LogP contribution in [0.2, 0.25) is 0 Å². The van der Waals surface area contributed by atoms with Gasteiger partial charge in [0.05, 0.1) is 16.9 Å². The molecule has 1 aliphatic rings. The van der Waals surface area contributed by atoms with E-state index in [1.54, 1.807) is 0 Å². The van der Waals surface area contributed by atoms with Gasteiger partial charge in [0, 0.05) is 6.07 Å². The van der Waals surface area contributed by atoms with Crippen LogP contribution >= 0.6 is 0 Å². The minimum Gasteiger partial charge on any atom is -0.481 e. The minimum absolute atomic E-state index is 0.112. The molecular weight excluding hydrogens is 242 g/mol. The standard InChI is InChI=1S/C11H9NO6/c13-9-5-7(11(14)15)10(18-9)6-3-1-2-4-8(6)12(16)17/h1-4,7,10H,5H2,(H,14,15)/t7-,10-/m0/s1. The first kappa shape index (κ1) is 12.0. The quantitative estimate of drug-likeness (QED) is 0.492. The third kappa shape index (κ3) is 2.02. The second-order valence-corrected chi connectivity index (χ2v) is 3.88. The van der Waals surface area contributed by atoms with Crippen LogP contribution < -0.4 is 0 Å². The first-order chi connectivity index (χ1) is 8.50. The molecule has 1 heterocycles. The molecule has 0 aliphatic carbocycles. The van der Waals surface area contributed by atoms with Gasteiger partial charge < -0.3 is 9.84 Å². The van der Waals surface area contributed by atoms with E-state index in [1.165, 1.54) is 24.3 Å². The van der Waals surface area contributed by atoms with Crippen molar-refractivity contribution in [3.8, 4) is 0 Å². The van der Waals surface area contributed by atoms with Gasteiger partial charge in [0.15, 0.2) is 0 Å². The molecule has 1 N–H and O–H groups in total. The average Bonchev–Trinajstić information content (AvgIpc) is 2.71. The normalized spacial score (nSPS) is 22.6. The number of nitro groups is 1. The summed E-state index contributed by atoms with van der Waals surface area (Å²) in [4.78, 5) is 32.4. The summed E-state index contributed by atoms with van der Waals surface area (Å²) in [7, 11) is 0. The minimum atomic E-state index is -1.20. The van der Waals surface area contributed by atoms with Gasteiger partial charge in [-0.3, -0.25) is 19.7 Å². The summed E-state index contributed by atoms with van der Waals surface area (Å²) in [5.74, 6) is -2.95. The Morgan fingerprint density at radius 1 is 1.44 bits per heavy atom. The summed E-state index contributed by atoms with van der Waals surface area (Å²) in [5.41, 5.74) is -0.135. The number of carboxylic acid groups (broad SMARTS) is 1. The topological polar surface area (TPSA) is 107 Å². The van der Waals surface area contributed by atoms with Gasteiger partial charge in [-0.1, -0.05) is 12.1 Å². The van der Waals surface area contributed by atoms with Crippen LogP contribution in [-0.4, -0.2) is 22.0 Å². The van der Waals surface area contributed by atoms with Crippen LogP contribution in [0.1, 0.15) is 18.1 Å². The highest BCUT2D eigenvalue weighted by molar-refractivity contribution is 5.83. The number of rotatable bonds is 3. The lowest BCUT2D eigenvalue weighted by atomic mass is 9.94. The number of nitrogens with zero attached hydrogens (tertiary/aromatic N) is 1. The van der Waals surface area contributed by atoms with E-state index in [2.05, 4.69) is 0 Å². The van der Waals surface area contributed by atoms with Crippen LogP contribution in [0, 0.1) is 16.0 Å². The number of carbonyl (C=O) groups excluding carboxylic acids is 1. The van der Waals surface area contributed by atoms with E-state index in [1.807, 2.05) is 0 Å². The molecule has 2 atom stereocenters. The van der Waals surface area contributed by atoms with Crippen LogP contribution in [-0.2, 0) is 14.3 Å². The zero-order valence-electron chi connectivity index (χ0n) is 9.11. The number of ether oxygens (including phenoxy) is 1. The van der Waals surface area contributed by atoms with Crippen LogP contribution in [0.3, 0.4) is 0 Å². The highest BCUT2D eigenvalue weighted by Crippen LogP contribution is 2.39. The zero-order valence-corrected chi connectivity index (χ0v) is 9.11. The molecule has 1 saturated heterocycles. The Kier molecular flexibility index (Phi) is 2.97. The Hall–Kier alpha value is -2.44. The average molecular weight is 251 g/mol. The van der Waals surface area contributed by atoms with Crippen molar-refractivity contribution in [1.82, 2.24) is 0 Å². The molecule has 7 nitrogen and oxygen atoms in total. The Balaban J connectivity index is 2.44. The Morgan fingerprint density at radius 2 is 2.11 bits per heavy atom. The van der Waals surface area contributed by atoms with Gasteiger partial charge in [0.25, 0.3) is 5.69 Å². The SMILES string of the molecule is O=C1C[C@H](C(=O)O)[C@H](c2ccccc2[N+](=O)[O-])O1. The lowest BCUT2D eigenvalue weighted by molar-refractivity contribution is -0.386. The van der Waals surface area contributed by atoms with Gasteiger partial charge >= 0.3 is 11.9 Å². The van der Waals surface area contributed by atoms with Crippen LogP contribution in [0.4, 0.5) is 5.69 Å². The van der Waals surface area contributed by atoms with Crippen molar-refractivity contribution in [2.24, 2.45) is 5.92 Å². The fraction of sp³-hybridized carbons (Fsp3) is 0.273. The maximum atomic E-state index is 11.2. The number of hydrogen-bond donors (Lipinski definition) is 1. The monoisotopic (exact) mass is 251 g/mol. The van der Waals surface area contributed by atoms with Gasteiger partial charge in [-0.2, -0.15) is 0 Å². The highest BCUT2D eigenvalue weighted by Gasteiger charge is 2.43. The van der Waals surface area contributed by atoms with Gasteiger partial charge in [-0.15, -0.1) is 0 Å². The number of aliphatic carboxylic acids is 1. The Labute approximate surface area is 101 Å². The Bertz CT molecular complexity index is 526. The lowest BCUT2D eigenvalue weighted by Crippen LogP contribution is -2.18. The summed E-state index contributed by atoms with van der Waals surface area (Å²) in [5, 5.41) is 19.8. The van der Waals surface area contributed by atoms with E-state index in [9.17, 15) is 19.7 Å². The molecular formula is C11H9NO6. The molecule has 94 valence electrons. The second kappa shape index (κ2) is 4.44. The number of carboxylic acids is 1. The van der Waals surface area contributed by atoms with Gasteiger partial charge in [-0.25, -0.2) is 0 Å².